The summed E-state index contributed by atoms with van der Waals surface area (Å²) in [4.78, 5) is 17.5. The van der Waals surface area contributed by atoms with E-state index in [4.69, 9.17) is 0 Å². The van der Waals surface area contributed by atoms with Crippen molar-refractivity contribution in [1.82, 2.24) is 25.0 Å². The molecule has 8 heteroatoms. The summed E-state index contributed by atoms with van der Waals surface area (Å²) in [5.41, 5.74) is 0. The van der Waals surface area contributed by atoms with Gasteiger partial charge in [-0.1, -0.05) is 24.2 Å². The molecular weight excluding hydrogens is 384 g/mol. The zero-order valence-electron chi connectivity index (χ0n) is 17.1. The second-order valence-corrected chi connectivity index (χ2v) is 9.08. The van der Waals surface area contributed by atoms with Gasteiger partial charge in [0.1, 0.15) is 0 Å². The van der Waals surface area contributed by atoms with E-state index in [1.54, 1.807) is 11.3 Å². The van der Waals surface area contributed by atoms with Gasteiger partial charge >= 0.3 is 0 Å². The van der Waals surface area contributed by atoms with Crippen LogP contribution in [0.3, 0.4) is 0 Å². The van der Waals surface area contributed by atoms with Crippen molar-refractivity contribution in [2.24, 2.45) is 5.92 Å². The Morgan fingerprint density at radius 1 is 1.03 bits per heavy atom. The highest BCUT2D eigenvalue weighted by Crippen LogP contribution is 2.27. The van der Waals surface area contributed by atoms with Gasteiger partial charge < -0.3 is 15.1 Å². The van der Waals surface area contributed by atoms with Crippen LogP contribution in [0.5, 0.6) is 0 Å². The largest absolute Gasteiger partial charge is 0.356 e. The molecule has 29 heavy (non-hydrogen) atoms. The first-order valence-electron chi connectivity index (χ1n) is 11.0. The Kier molecular flexibility index (Phi) is 7.16. The first-order valence-corrected chi connectivity index (χ1v) is 11.8. The number of nitrogens with one attached hydrogen (secondary N) is 1. The summed E-state index contributed by atoms with van der Waals surface area (Å²) in [5, 5.41) is 13.6. The van der Waals surface area contributed by atoms with Crippen LogP contribution in [-0.2, 0) is 4.79 Å². The summed E-state index contributed by atoms with van der Waals surface area (Å²) in [6, 6.07) is 3.96. The third-order valence-corrected chi connectivity index (χ3v) is 6.94. The Bertz CT molecular complexity index is 753. The first-order chi connectivity index (χ1) is 14.3. The molecule has 2 aliphatic heterocycles. The predicted molar refractivity (Wildman–Crippen MR) is 117 cm³/mol. The number of aromatic nitrogens is 3. The average Bonchev–Trinajstić information content (AvgIpc) is 3.39. The Balaban J connectivity index is 1.22. The molecule has 2 aromatic rings. The molecule has 0 spiro atoms. The monoisotopic (exact) mass is 416 g/mol. The summed E-state index contributed by atoms with van der Waals surface area (Å²) in [6.45, 7) is 6.00. The molecule has 0 bridgehead atoms. The van der Waals surface area contributed by atoms with Crippen LogP contribution in [0.15, 0.2) is 24.5 Å². The molecule has 0 saturated carbocycles. The molecular formula is C21H32N6OS. The third kappa shape index (κ3) is 5.57. The van der Waals surface area contributed by atoms with E-state index in [-0.39, 0.29) is 11.8 Å². The number of likely N-dealkylation sites (tertiary alicyclic amines) is 1. The van der Waals surface area contributed by atoms with Crippen LogP contribution in [0.2, 0.25) is 0 Å². The van der Waals surface area contributed by atoms with Gasteiger partial charge in [-0.05, 0) is 63.9 Å². The molecule has 7 nitrogen and oxygen atoms in total. The minimum atomic E-state index is 0.0425. The van der Waals surface area contributed by atoms with Crippen LogP contribution in [0.25, 0.3) is 5.13 Å². The standard InChI is InChI=1S/C21H32N6OS/c28-19(22-10-8-13-25-11-3-1-2-4-12-25)18-9-7-16-27(17-18)21-24-23-20(29-21)26-14-5-6-15-26/h5-6,14-15,18H,1-4,7-13,16-17H2,(H,22,28)/t18-/m0/s1. The lowest BCUT2D eigenvalue weighted by Gasteiger charge is -2.31. The maximum Gasteiger partial charge on any atom is 0.224 e. The SMILES string of the molecule is O=C(NCCCN1CCCCCC1)[C@H]1CCCN(c2nnc(-n3cccc3)s2)C1. The van der Waals surface area contributed by atoms with Crippen molar-refractivity contribution in [1.29, 1.82) is 0 Å². The maximum absolute atomic E-state index is 12.7. The molecule has 2 aliphatic rings. The molecule has 2 aromatic heterocycles. The van der Waals surface area contributed by atoms with Crippen molar-refractivity contribution < 1.29 is 4.79 Å². The van der Waals surface area contributed by atoms with Gasteiger partial charge in [-0.25, -0.2) is 0 Å². The summed E-state index contributed by atoms with van der Waals surface area (Å²) in [5.74, 6) is 0.238. The molecule has 1 atom stereocenters. The highest BCUT2D eigenvalue weighted by Gasteiger charge is 2.27. The number of nitrogens with zero attached hydrogens (tertiary/aromatic N) is 5. The van der Waals surface area contributed by atoms with Crippen LogP contribution in [0.4, 0.5) is 5.13 Å². The van der Waals surface area contributed by atoms with Crippen molar-refractivity contribution in [3.05, 3.63) is 24.5 Å². The molecule has 0 radical (unpaired) electrons. The molecule has 1 amide bonds. The first kappa shape index (κ1) is 20.3. The Hall–Kier alpha value is -1.93. The van der Waals surface area contributed by atoms with Gasteiger partial charge in [0, 0.05) is 32.0 Å². The fraction of sp³-hybridized carbons (Fsp3) is 0.667. The third-order valence-electron chi connectivity index (χ3n) is 5.94. The minimum absolute atomic E-state index is 0.0425. The van der Waals surface area contributed by atoms with Crippen molar-refractivity contribution in [3.8, 4) is 5.13 Å². The van der Waals surface area contributed by atoms with E-state index >= 15 is 0 Å². The quantitative estimate of drug-likeness (QED) is 0.703. The van der Waals surface area contributed by atoms with Crippen molar-refractivity contribution in [2.75, 3.05) is 44.2 Å². The second kappa shape index (κ2) is 10.2. The van der Waals surface area contributed by atoms with Crippen LogP contribution in [0, 0.1) is 5.92 Å². The normalized spacial score (nSPS) is 21.1. The van der Waals surface area contributed by atoms with E-state index in [0.717, 1.165) is 55.7 Å². The fourth-order valence-corrected chi connectivity index (χ4v) is 5.13. The molecule has 2 fully saturated rings. The molecule has 1 N–H and O–H groups in total. The van der Waals surface area contributed by atoms with Gasteiger partial charge in [0.15, 0.2) is 0 Å². The van der Waals surface area contributed by atoms with Crippen LogP contribution >= 0.6 is 11.3 Å². The number of hydrogen-bond acceptors (Lipinski definition) is 6. The van der Waals surface area contributed by atoms with E-state index in [2.05, 4.69) is 25.3 Å². The molecule has 158 valence electrons. The lowest BCUT2D eigenvalue weighted by molar-refractivity contribution is -0.125. The van der Waals surface area contributed by atoms with Gasteiger partial charge in [-0.3, -0.25) is 9.36 Å². The number of anilines is 1. The van der Waals surface area contributed by atoms with E-state index in [1.165, 1.54) is 38.8 Å². The van der Waals surface area contributed by atoms with Gasteiger partial charge in [0.25, 0.3) is 0 Å². The lowest BCUT2D eigenvalue weighted by atomic mass is 9.97. The van der Waals surface area contributed by atoms with Crippen LogP contribution < -0.4 is 10.2 Å². The van der Waals surface area contributed by atoms with E-state index in [9.17, 15) is 4.79 Å². The molecule has 4 heterocycles. The zero-order valence-corrected chi connectivity index (χ0v) is 17.9. The molecule has 0 unspecified atom stereocenters. The number of carbonyl (C=O) groups is 1. The highest BCUT2D eigenvalue weighted by molar-refractivity contribution is 7.17. The minimum Gasteiger partial charge on any atom is -0.356 e. The summed E-state index contributed by atoms with van der Waals surface area (Å²) in [6.07, 6.45) is 12.3. The Morgan fingerprint density at radius 2 is 1.79 bits per heavy atom. The maximum atomic E-state index is 12.7. The van der Waals surface area contributed by atoms with Crippen molar-refractivity contribution in [2.45, 2.75) is 44.9 Å². The smallest absolute Gasteiger partial charge is 0.224 e. The Morgan fingerprint density at radius 3 is 2.59 bits per heavy atom. The molecule has 0 aromatic carbocycles. The molecule has 0 aliphatic carbocycles. The van der Waals surface area contributed by atoms with Gasteiger partial charge in [0.2, 0.25) is 16.2 Å². The number of hydrogen-bond donors (Lipinski definition) is 1. The molecule has 2 saturated heterocycles. The van der Waals surface area contributed by atoms with E-state index in [0.29, 0.717) is 0 Å². The molecule has 4 rings (SSSR count). The topological polar surface area (TPSA) is 66.3 Å². The average molecular weight is 417 g/mol. The number of carbonyl (C=O) groups excluding carboxylic acids is 1. The number of piperidine rings is 1. The predicted octanol–water partition coefficient (Wildman–Crippen LogP) is 2.93. The Labute approximate surface area is 177 Å². The van der Waals surface area contributed by atoms with Crippen LogP contribution in [-0.4, -0.2) is 64.8 Å². The highest BCUT2D eigenvalue weighted by atomic mass is 32.1. The number of rotatable bonds is 7. The van der Waals surface area contributed by atoms with Crippen molar-refractivity contribution >= 4 is 22.4 Å². The summed E-state index contributed by atoms with van der Waals surface area (Å²) < 4.78 is 1.97. The van der Waals surface area contributed by atoms with E-state index in [1.807, 2.05) is 29.1 Å². The summed E-state index contributed by atoms with van der Waals surface area (Å²) in [7, 11) is 0. The summed E-state index contributed by atoms with van der Waals surface area (Å²) >= 11 is 1.58. The van der Waals surface area contributed by atoms with E-state index < -0.39 is 0 Å². The van der Waals surface area contributed by atoms with Gasteiger partial charge in [-0.2, -0.15) is 0 Å². The second-order valence-electron chi connectivity index (χ2n) is 8.14. The fourth-order valence-electron chi connectivity index (χ4n) is 4.29. The van der Waals surface area contributed by atoms with Gasteiger partial charge in [-0.15, -0.1) is 10.2 Å². The lowest BCUT2D eigenvalue weighted by Crippen LogP contribution is -2.43. The van der Waals surface area contributed by atoms with Gasteiger partial charge in [0.05, 0.1) is 5.92 Å². The number of amides is 1. The van der Waals surface area contributed by atoms with Crippen molar-refractivity contribution in [3.63, 3.8) is 0 Å². The van der Waals surface area contributed by atoms with Crippen LogP contribution in [0.1, 0.15) is 44.9 Å². The zero-order chi connectivity index (χ0) is 19.9.